The summed E-state index contributed by atoms with van der Waals surface area (Å²) in [4.78, 5) is 133. The fraction of sp³-hybridized carbons (Fsp3) is 0.172. The Labute approximate surface area is 466 Å². The van der Waals surface area contributed by atoms with Gasteiger partial charge in [0.05, 0.1) is 44.5 Å². The lowest BCUT2D eigenvalue weighted by molar-refractivity contribution is -0.0657. The highest BCUT2D eigenvalue weighted by Crippen LogP contribution is 2.26. The van der Waals surface area contributed by atoms with Crippen LogP contribution in [0.1, 0.15) is 82.9 Å². The number of hydrogen-bond acceptors (Lipinski definition) is 24. The molecule has 0 radical (unpaired) electrons. The molecule has 8 aromatic heterocycles. The molecule has 0 aliphatic rings. The molecule has 8 rings (SSSR count). The van der Waals surface area contributed by atoms with Gasteiger partial charge in [-0.25, -0.2) is 38.4 Å². The van der Waals surface area contributed by atoms with Gasteiger partial charge in [-0.3, -0.25) is 39.9 Å². The minimum Gasteiger partial charge on any atom is -0.461 e. The summed E-state index contributed by atoms with van der Waals surface area (Å²) in [5.74, 6) is -5.90. The van der Waals surface area contributed by atoms with Crippen molar-refractivity contribution in [1.29, 1.82) is 0 Å². The lowest BCUT2D eigenvalue weighted by Crippen LogP contribution is -2.44. The second-order valence-corrected chi connectivity index (χ2v) is 17.5. The molecule has 0 atom stereocenters. The molecule has 8 heterocycles. The van der Waals surface area contributed by atoms with Crippen LogP contribution in [0.5, 0.6) is 0 Å². The van der Waals surface area contributed by atoms with E-state index in [0.717, 1.165) is 0 Å². The van der Waals surface area contributed by atoms with Crippen molar-refractivity contribution in [2.24, 2.45) is 10.8 Å². The molecule has 0 N–H and O–H groups in total. The first kappa shape index (κ1) is 58.6. The van der Waals surface area contributed by atoms with Gasteiger partial charge in [-0.1, -0.05) is 0 Å². The van der Waals surface area contributed by atoms with E-state index in [4.69, 9.17) is 37.9 Å². The third kappa shape index (κ3) is 18.0. The number of rotatable bonds is 24. The number of aromatic nitrogens is 8. The van der Waals surface area contributed by atoms with Gasteiger partial charge in [-0.05, 0) is 97.1 Å². The smallest absolute Gasteiger partial charge is 0.339 e. The summed E-state index contributed by atoms with van der Waals surface area (Å²) in [5.41, 5.74) is -1.73. The van der Waals surface area contributed by atoms with Gasteiger partial charge in [-0.2, -0.15) is 0 Å². The predicted octanol–water partition coefficient (Wildman–Crippen LogP) is 5.96. The largest absolute Gasteiger partial charge is 0.461 e. The van der Waals surface area contributed by atoms with Crippen molar-refractivity contribution in [3.05, 3.63) is 241 Å². The Hall–Kier alpha value is -11.0. The molecule has 0 aliphatic heterocycles. The van der Waals surface area contributed by atoms with Crippen molar-refractivity contribution in [1.82, 2.24) is 39.9 Å². The second-order valence-electron chi connectivity index (χ2n) is 17.5. The Morgan fingerprint density at radius 3 is 0.451 bits per heavy atom. The SMILES string of the molecule is O=C(OCC(COC(=O)c1cccnc1)(COC(=O)c1cccnc1)COC(=O)c1cccnc1)c1cccnc1.O=C(OCC(COC(=O)c1cccnc1)(COC(=O)c1cccnc1)COC(=O)c1cccnc1)c1cccnc1. The van der Waals surface area contributed by atoms with Gasteiger partial charge in [0.15, 0.2) is 0 Å². The predicted molar refractivity (Wildman–Crippen MR) is 281 cm³/mol. The van der Waals surface area contributed by atoms with E-state index >= 15 is 0 Å². The van der Waals surface area contributed by atoms with Crippen LogP contribution in [0.25, 0.3) is 0 Å². The van der Waals surface area contributed by atoms with Crippen LogP contribution >= 0.6 is 0 Å². The Bertz CT molecular complexity index is 2680. The number of esters is 8. The highest BCUT2D eigenvalue weighted by atomic mass is 16.6. The third-order valence-electron chi connectivity index (χ3n) is 11.3. The number of carbonyl (C=O) groups excluding carboxylic acids is 8. The summed E-state index contributed by atoms with van der Waals surface area (Å²) in [7, 11) is 0. The number of pyridine rings is 8. The van der Waals surface area contributed by atoms with E-state index in [1.807, 2.05) is 0 Å². The van der Waals surface area contributed by atoms with Gasteiger partial charge in [0.1, 0.15) is 63.7 Å². The van der Waals surface area contributed by atoms with Crippen molar-refractivity contribution in [2.75, 3.05) is 52.9 Å². The highest BCUT2D eigenvalue weighted by Gasteiger charge is 2.40. The Kier molecular flexibility index (Phi) is 21.6. The molecule has 0 saturated carbocycles. The van der Waals surface area contributed by atoms with E-state index in [9.17, 15) is 38.4 Å². The summed E-state index contributed by atoms with van der Waals surface area (Å²) in [6, 6.07) is 24.5. The molecule has 24 nitrogen and oxygen atoms in total. The van der Waals surface area contributed by atoms with Crippen molar-refractivity contribution in [3.8, 4) is 0 Å². The van der Waals surface area contributed by atoms with Gasteiger partial charge < -0.3 is 37.9 Å². The molecule has 0 saturated heterocycles. The maximum atomic E-state index is 12.8. The molecule has 416 valence electrons. The molecule has 8 aromatic rings. The Balaban J connectivity index is 0.000000236. The van der Waals surface area contributed by atoms with E-state index in [-0.39, 0.29) is 44.5 Å². The van der Waals surface area contributed by atoms with Gasteiger partial charge >= 0.3 is 47.8 Å². The molecular weight excluding hydrogens is 1060 g/mol. The monoisotopic (exact) mass is 1110 g/mol. The van der Waals surface area contributed by atoms with Gasteiger partial charge in [0.2, 0.25) is 0 Å². The minimum atomic E-state index is -1.51. The van der Waals surface area contributed by atoms with Crippen LogP contribution in [0.2, 0.25) is 0 Å². The summed E-state index contributed by atoms with van der Waals surface area (Å²) < 4.78 is 44.1. The molecule has 24 heteroatoms. The van der Waals surface area contributed by atoms with Crippen molar-refractivity contribution < 1.29 is 76.3 Å². The molecule has 0 aliphatic carbocycles. The Morgan fingerprint density at radius 2 is 0.354 bits per heavy atom. The minimum absolute atomic E-state index is 0.161. The van der Waals surface area contributed by atoms with Crippen LogP contribution in [0.3, 0.4) is 0 Å². The van der Waals surface area contributed by atoms with Crippen molar-refractivity contribution in [2.45, 2.75) is 0 Å². The summed E-state index contributed by atoms with van der Waals surface area (Å²) in [6.45, 7) is -3.65. The lowest BCUT2D eigenvalue weighted by atomic mass is 9.92. The van der Waals surface area contributed by atoms with Gasteiger partial charge in [0, 0.05) is 99.1 Å². The molecule has 0 unspecified atom stereocenters. The quantitative estimate of drug-likeness (QED) is 0.0497. The summed E-state index contributed by atoms with van der Waals surface area (Å²) in [5, 5.41) is 0. The molecule has 0 fully saturated rings. The van der Waals surface area contributed by atoms with Crippen molar-refractivity contribution in [3.63, 3.8) is 0 Å². The van der Waals surface area contributed by atoms with E-state index in [2.05, 4.69) is 39.9 Å². The first-order valence-electron chi connectivity index (χ1n) is 24.5. The van der Waals surface area contributed by atoms with Crippen LogP contribution in [0.4, 0.5) is 0 Å². The van der Waals surface area contributed by atoms with E-state index in [1.165, 1.54) is 148 Å². The van der Waals surface area contributed by atoms with Crippen molar-refractivity contribution >= 4 is 47.8 Å². The van der Waals surface area contributed by atoms with Gasteiger partial charge in [-0.15, -0.1) is 0 Å². The summed E-state index contributed by atoms with van der Waals surface area (Å²) in [6.07, 6.45) is 22.5. The fourth-order valence-corrected chi connectivity index (χ4v) is 6.78. The average Bonchev–Trinajstić information content (AvgIpc) is 3.57. The lowest BCUT2D eigenvalue weighted by Gasteiger charge is -2.31. The topological polar surface area (TPSA) is 314 Å². The number of carbonyl (C=O) groups is 8. The zero-order valence-electron chi connectivity index (χ0n) is 43.2. The first-order valence-corrected chi connectivity index (χ1v) is 24.5. The van der Waals surface area contributed by atoms with E-state index in [1.54, 1.807) is 48.5 Å². The fourth-order valence-electron chi connectivity index (χ4n) is 6.78. The highest BCUT2D eigenvalue weighted by molar-refractivity contribution is 5.92. The molecule has 0 aromatic carbocycles. The molecule has 0 bridgehead atoms. The Morgan fingerprint density at radius 1 is 0.232 bits per heavy atom. The zero-order valence-corrected chi connectivity index (χ0v) is 43.2. The first-order chi connectivity index (χ1) is 39.9. The summed E-state index contributed by atoms with van der Waals surface area (Å²) >= 11 is 0. The number of hydrogen-bond donors (Lipinski definition) is 0. The molecule has 0 amide bonds. The maximum Gasteiger partial charge on any atom is 0.339 e. The van der Waals surface area contributed by atoms with E-state index < -0.39 is 111 Å². The van der Waals surface area contributed by atoms with Crippen LogP contribution in [-0.2, 0) is 37.9 Å². The number of nitrogens with zero attached hydrogens (tertiary/aromatic N) is 8. The molecule has 82 heavy (non-hydrogen) atoms. The number of ether oxygens (including phenoxy) is 8. The van der Waals surface area contributed by atoms with Crippen LogP contribution < -0.4 is 0 Å². The molecule has 0 spiro atoms. The third-order valence-corrected chi connectivity index (χ3v) is 11.3. The van der Waals surface area contributed by atoms with E-state index in [0.29, 0.717) is 0 Å². The zero-order chi connectivity index (χ0) is 57.8. The normalized spacial score (nSPS) is 10.7. The van der Waals surface area contributed by atoms with Gasteiger partial charge in [0.25, 0.3) is 0 Å². The molecular formula is C58H48N8O16. The maximum absolute atomic E-state index is 12.8. The van der Waals surface area contributed by atoms with Crippen LogP contribution in [0, 0.1) is 10.8 Å². The van der Waals surface area contributed by atoms with Crippen LogP contribution in [0.15, 0.2) is 196 Å². The van der Waals surface area contributed by atoms with Crippen LogP contribution in [-0.4, -0.2) is 140 Å². The second kappa shape index (κ2) is 30.2. The standard InChI is InChI=1S/2C29H24N4O8/c2*34-25(21-5-1-9-30-13-21)38-17-29(18-39-26(35)22-6-2-10-31-14-22,19-40-27(36)23-7-3-11-32-15-23)20-41-28(37)24-8-4-12-33-16-24/h2*1-16H,17-20H2. The average molecular weight is 1110 g/mol.